The van der Waals surface area contributed by atoms with Crippen LogP contribution in [0.4, 0.5) is 0 Å². The third-order valence-corrected chi connectivity index (χ3v) is 3.60. The highest BCUT2D eigenvalue weighted by atomic mass is 79.9. The van der Waals surface area contributed by atoms with Crippen molar-refractivity contribution < 1.29 is 0 Å². The van der Waals surface area contributed by atoms with Crippen LogP contribution < -0.4 is 5.32 Å². The fraction of sp³-hybridized carbons (Fsp3) is 0.455. The largest absolute Gasteiger partial charge is 0.313 e. The van der Waals surface area contributed by atoms with Crippen LogP contribution in [0.25, 0.3) is 0 Å². The van der Waals surface area contributed by atoms with Gasteiger partial charge in [-0.2, -0.15) is 0 Å². The summed E-state index contributed by atoms with van der Waals surface area (Å²) >= 11 is 5.20. The molecule has 0 fully saturated rings. The first-order valence-corrected chi connectivity index (χ1v) is 6.26. The number of halogens is 1. The van der Waals surface area contributed by atoms with Gasteiger partial charge in [0.1, 0.15) is 0 Å². The molecular weight excluding hydrogens is 258 g/mol. The highest BCUT2D eigenvalue weighted by Crippen LogP contribution is 2.27. The summed E-state index contributed by atoms with van der Waals surface area (Å²) in [4.78, 5) is 0. The van der Waals surface area contributed by atoms with E-state index in [4.69, 9.17) is 0 Å². The molecule has 3 heteroatoms. The number of hydrogen-bond donors (Lipinski definition) is 1. The van der Waals surface area contributed by atoms with E-state index in [9.17, 15) is 0 Å². The summed E-state index contributed by atoms with van der Waals surface area (Å²) in [5.74, 6) is 6.01. The second kappa shape index (κ2) is 6.23. The van der Waals surface area contributed by atoms with Crippen molar-refractivity contribution in [2.24, 2.45) is 0 Å². The highest BCUT2D eigenvalue weighted by molar-refractivity contribution is 9.11. The molecule has 0 aliphatic carbocycles. The maximum absolute atomic E-state index is 3.47. The minimum absolute atomic E-state index is 0.429. The average Bonchev–Trinajstić information content (AvgIpc) is 2.60. The van der Waals surface area contributed by atoms with E-state index in [0.29, 0.717) is 6.04 Å². The zero-order chi connectivity index (χ0) is 10.4. The second-order valence-corrected chi connectivity index (χ2v) is 5.28. The van der Waals surface area contributed by atoms with Crippen molar-refractivity contribution in [3.8, 4) is 11.8 Å². The lowest BCUT2D eigenvalue weighted by Crippen LogP contribution is -2.15. The van der Waals surface area contributed by atoms with Crippen LogP contribution in [0, 0.1) is 11.8 Å². The summed E-state index contributed by atoms with van der Waals surface area (Å²) in [6.07, 6.45) is 2.02. The molecule has 0 aliphatic heterocycles. The van der Waals surface area contributed by atoms with E-state index < -0.39 is 0 Å². The number of thiophene rings is 1. The van der Waals surface area contributed by atoms with Crippen LogP contribution in [-0.4, -0.2) is 7.05 Å². The molecule has 1 N–H and O–H groups in total. The smallest absolute Gasteiger partial charge is 0.0701 e. The van der Waals surface area contributed by atoms with Gasteiger partial charge in [0, 0.05) is 12.5 Å². The van der Waals surface area contributed by atoms with Crippen LogP contribution in [0.3, 0.4) is 0 Å². The van der Waals surface area contributed by atoms with Crippen LogP contribution in [0.15, 0.2) is 15.2 Å². The maximum Gasteiger partial charge on any atom is 0.0701 e. The first-order chi connectivity index (χ1) is 6.77. The van der Waals surface area contributed by atoms with Crippen molar-refractivity contribution in [2.75, 3.05) is 7.05 Å². The molecule has 0 bridgehead atoms. The van der Waals surface area contributed by atoms with Crippen LogP contribution in [0.2, 0.25) is 0 Å². The fourth-order valence-corrected chi connectivity index (χ4v) is 2.56. The highest BCUT2D eigenvalue weighted by Gasteiger charge is 2.09. The fourth-order valence-electron chi connectivity index (χ4n) is 1.33. The van der Waals surface area contributed by atoms with Gasteiger partial charge in [0.2, 0.25) is 0 Å². The molecule has 0 aliphatic rings. The van der Waals surface area contributed by atoms with Crippen molar-refractivity contribution in [1.29, 1.82) is 0 Å². The summed E-state index contributed by atoms with van der Waals surface area (Å²) in [5.41, 5.74) is 1.35. The SMILES string of the molecule is CC#CCCC(NC)c1csc(Br)c1. The zero-order valence-corrected chi connectivity index (χ0v) is 10.8. The Kier molecular flexibility index (Phi) is 5.24. The first-order valence-electron chi connectivity index (χ1n) is 4.58. The Morgan fingerprint density at radius 1 is 1.64 bits per heavy atom. The van der Waals surface area contributed by atoms with Crippen molar-refractivity contribution in [2.45, 2.75) is 25.8 Å². The molecule has 1 rings (SSSR count). The molecule has 1 unspecified atom stereocenters. The van der Waals surface area contributed by atoms with Crippen LogP contribution >= 0.6 is 27.3 Å². The van der Waals surface area contributed by atoms with Crippen LogP contribution in [-0.2, 0) is 0 Å². The molecule has 76 valence electrons. The zero-order valence-electron chi connectivity index (χ0n) is 8.43. The molecule has 1 aromatic heterocycles. The van der Waals surface area contributed by atoms with Gasteiger partial charge < -0.3 is 5.32 Å². The summed E-state index contributed by atoms with van der Waals surface area (Å²) in [5, 5.41) is 5.49. The normalized spacial score (nSPS) is 11.9. The van der Waals surface area contributed by atoms with Gasteiger partial charge in [0.25, 0.3) is 0 Å². The van der Waals surface area contributed by atoms with Gasteiger partial charge in [0.05, 0.1) is 3.79 Å². The van der Waals surface area contributed by atoms with Crippen molar-refractivity contribution in [1.82, 2.24) is 5.32 Å². The third kappa shape index (κ3) is 3.45. The minimum atomic E-state index is 0.429. The van der Waals surface area contributed by atoms with E-state index in [1.165, 1.54) is 9.35 Å². The van der Waals surface area contributed by atoms with E-state index >= 15 is 0 Å². The Labute approximate surface area is 98.0 Å². The molecule has 14 heavy (non-hydrogen) atoms. The molecule has 0 saturated heterocycles. The van der Waals surface area contributed by atoms with E-state index in [2.05, 4.69) is 44.5 Å². The Morgan fingerprint density at radius 2 is 2.43 bits per heavy atom. The molecule has 1 heterocycles. The molecule has 1 atom stereocenters. The van der Waals surface area contributed by atoms with Crippen molar-refractivity contribution in [3.05, 3.63) is 20.8 Å². The Morgan fingerprint density at radius 3 is 2.93 bits per heavy atom. The molecular formula is C11H14BrNS. The second-order valence-electron chi connectivity index (χ2n) is 2.99. The van der Waals surface area contributed by atoms with Crippen molar-refractivity contribution in [3.63, 3.8) is 0 Å². The Balaban J connectivity index is 2.56. The number of nitrogens with one attached hydrogen (secondary N) is 1. The van der Waals surface area contributed by atoms with E-state index in [1.54, 1.807) is 11.3 Å². The summed E-state index contributed by atoms with van der Waals surface area (Å²) in [7, 11) is 2.00. The topological polar surface area (TPSA) is 12.0 Å². The molecule has 1 aromatic rings. The summed E-state index contributed by atoms with van der Waals surface area (Å²) in [6.45, 7) is 1.88. The average molecular weight is 272 g/mol. The summed E-state index contributed by atoms with van der Waals surface area (Å²) < 4.78 is 1.19. The Bertz CT molecular complexity index is 335. The molecule has 0 saturated carbocycles. The maximum atomic E-state index is 3.47. The standard InChI is InChI=1S/C11H14BrNS/c1-3-4-5-6-10(13-2)9-7-11(12)14-8-9/h7-8,10,13H,5-6H2,1-2H3. The minimum Gasteiger partial charge on any atom is -0.313 e. The molecule has 1 nitrogen and oxygen atoms in total. The van der Waals surface area contributed by atoms with E-state index in [-0.39, 0.29) is 0 Å². The van der Waals surface area contributed by atoms with E-state index in [1.807, 2.05) is 14.0 Å². The molecule has 0 spiro atoms. The number of rotatable bonds is 4. The molecule has 0 amide bonds. The van der Waals surface area contributed by atoms with Gasteiger partial charge in [-0.3, -0.25) is 0 Å². The van der Waals surface area contributed by atoms with Crippen LogP contribution in [0.5, 0.6) is 0 Å². The van der Waals surface area contributed by atoms with Gasteiger partial charge in [0.15, 0.2) is 0 Å². The van der Waals surface area contributed by atoms with Crippen molar-refractivity contribution >= 4 is 27.3 Å². The quantitative estimate of drug-likeness (QED) is 0.826. The summed E-state index contributed by atoms with van der Waals surface area (Å²) in [6, 6.07) is 2.60. The van der Waals surface area contributed by atoms with Gasteiger partial charge in [-0.05, 0) is 53.3 Å². The lowest BCUT2D eigenvalue weighted by Gasteiger charge is -2.12. The monoisotopic (exact) mass is 271 g/mol. The van der Waals surface area contributed by atoms with Crippen LogP contribution in [0.1, 0.15) is 31.4 Å². The third-order valence-electron chi connectivity index (χ3n) is 2.07. The van der Waals surface area contributed by atoms with Gasteiger partial charge in [-0.25, -0.2) is 0 Å². The predicted molar refractivity (Wildman–Crippen MR) is 66.5 cm³/mol. The lowest BCUT2D eigenvalue weighted by atomic mass is 10.1. The van der Waals surface area contributed by atoms with Gasteiger partial charge in [-0.1, -0.05) is 0 Å². The van der Waals surface area contributed by atoms with E-state index in [0.717, 1.165) is 12.8 Å². The molecule has 0 aromatic carbocycles. The number of hydrogen-bond acceptors (Lipinski definition) is 2. The Hall–Kier alpha value is -0.300. The molecule has 0 radical (unpaired) electrons. The van der Waals surface area contributed by atoms with Gasteiger partial charge >= 0.3 is 0 Å². The van der Waals surface area contributed by atoms with Gasteiger partial charge in [-0.15, -0.1) is 23.2 Å². The predicted octanol–water partition coefficient (Wildman–Crippen LogP) is 3.57. The lowest BCUT2D eigenvalue weighted by molar-refractivity contribution is 0.560. The first kappa shape index (κ1) is 11.8.